The Morgan fingerprint density at radius 3 is 2.92 bits per heavy atom. The number of ether oxygens (including phenoxy) is 3. The van der Waals surface area contributed by atoms with Gasteiger partial charge >= 0.3 is 5.97 Å². The monoisotopic (exact) mass is 172 g/mol. The van der Waals surface area contributed by atoms with E-state index in [2.05, 4.69) is 4.74 Å². The molecule has 0 aromatic carbocycles. The largest absolute Gasteiger partial charge is 0.467 e. The number of esters is 1. The minimum Gasteiger partial charge on any atom is -0.467 e. The van der Waals surface area contributed by atoms with E-state index in [9.17, 15) is 4.79 Å². The summed E-state index contributed by atoms with van der Waals surface area (Å²) >= 11 is 0. The van der Waals surface area contributed by atoms with Crippen molar-refractivity contribution in [2.24, 2.45) is 0 Å². The van der Waals surface area contributed by atoms with Gasteiger partial charge in [-0.2, -0.15) is 0 Å². The molecule has 1 unspecified atom stereocenters. The van der Waals surface area contributed by atoms with Gasteiger partial charge < -0.3 is 14.2 Å². The van der Waals surface area contributed by atoms with E-state index in [1.807, 2.05) is 6.08 Å². The Kier molecular flexibility index (Phi) is 3.25. The van der Waals surface area contributed by atoms with Gasteiger partial charge in [0.2, 0.25) is 0 Å². The fraction of sp³-hybridized carbons (Fsp3) is 0.625. The fourth-order valence-electron chi connectivity index (χ4n) is 0.993. The smallest absolute Gasteiger partial charge is 0.335 e. The molecule has 1 heterocycles. The van der Waals surface area contributed by atoms with Crippen molar-refractivity contribution in [3.63, 3.8) is 0 Å². The lowest BCUT2D eigenvalue weighted by Crippen LogP contribution is -2.32. The average molecular weight is 172 g/mol. The molecule has 0 aromatic heterocycles. The molecule has 0 amide bonds. The van der Waals surface area contributed by atoms with E-state index in [0.717, 1.165) is 0 Å². The van der Waals surface area contributed by atoms with Crippen LogP contribution < -0.4 is 0 Å². The summed E-state index contributed by atoms with van der Waals surface area (Å²) in [6.45, 7) is 0. The Labute approximate surface area is 71.1 Å². The number of methoxy groups -OCH3 is 2. The van der Waals surface area contributed by atoms with Crippen molar-refractivity contribution in [2.45, 2.75) is 18.8 Å². The van der Waals surface area contributed by atoms with Gasteiger partial charge in [-0.25, -0.2) is 4.79 Å². The molecule has 0 saturated heterocycles. The zero-order valence-corrected chi connectivity index (χ0v) is 7.15. The van der Waals surface area contributed by atoms with E-state index in [1.165, 1.54) is 14.2 Å². The average Bonchev–Trinajstić information content (AvgIpc) is 2.17. The Morgan fingerprint density at radius 2 is 2.33 bits per heavy atom. The van der Waals surface area contributed by atoms with Crippen molar-refractivity contribution in [1.29, 1.82) is 0 Å². The predicted octanol–water partition coefficient (Wildman–Crippen LogP) is 0.477. The normalized spacial score (nSPS) is 28.5. The van der Waals surface area contributed by atoms with Crippen LogP contribution in [0.15, 0.2) is 12.2 Å². The molecule has 0 fully saturated rings. The van der Waals surface area contributed by atoms with Crippen molar-refractivity contribution in [3.8, 4) is 0 Å². The maximum Gasteiger partial charge on any atom is 0.335 e. The Bertz CT molecular complexity index is 187. The highest BCUT2D eigenvalue weighted by molar-refractivity contribution is 5.74. The highest BCUT2D eigenvalue weighted by Crippen LogP contribution is 2.13. The van der Waals surface area contributed by atoms with E-state index < -0.39 is 12.4 Å². The molecular formula is C8H12O4. The van der Waals surface area contributed by atoms with Gasteiger partial charge in [0.05, 0.1) is 7.11 Å². The van der Waals surface area contributed by atoms with Crippen LogP contribution in [0, 0.1) is 0 Å². The molecule has 1 aliphatic rings. The molecule has 4 nitrogen and oxygen atoms in total. The molecule has 2 atom stereocenters. The molecule has 0 bridgehead atoms. The highest BCUT2D eigenvalue weighted by Gasteiger charge is 2.24. The van der Waals surface area contributed by atoms with E-state index in [4.69, 9.17) is 9.47 Å². The molecule has 12 heavy (non-hydrogen) atoms. The third-order valence-corrected chi connectivity index (χ3v) is 1.64. The first-order chi connectivity index (χ1) is 5.77. The quantitative estimate of drug-likeness (QED) is 0.449. The first kappa shape index (κ1) is 9.22. The van der Waals surface area contributed by atoms with Crippen LogP contribution in [0.3, 0.4) is 0 Å². The fourth-order valence-corrected chi connectivity index (χ4v) is 0.993. The zero-order chi connectivity index (χ0) is 8.97. The second-order valence-corrected chi connectivity index (χ2v) is 2.42. The minimum absolute atomic E-state index is 0.360. The summed E-state index contributed by atoms with van der Waals surface area (Å²) in [5.74, 6) is -0.360. The summed E-state index contributed by atoms with van der Waals surface area (Å²) in [6.07, 6.45) is 3.21. The third-order valence-electron chi connectivity index (χ3n) is 1.64. The second-order valence-electron chi connectivity index (χ2n) is 2.42. The lowest BCUT2D eigenvalue weighted by Gasteiger charge is -2.22. The van der Waals surface area contributed by atoms with Gasteiger partial charge in [-0.15, -0.1) is 0 Å². The molecule has 0 radical (unpaired) electrons. The van der Waals surface area contributed by atoms with Crippen molar-refractivity contribution >= 4 is 5.97 Å². The highest BCUT2D eigenvalue weighted by atomic mass is 16.7. The van der Waals surface area contributed by atoms with E-state index in [-0.39, 0.29) is 5.97 Å². The summed E-state index contributed by atoms with van der Waals surface area (Å²) in [6, 6.07) is 0. The standard InChI is InChI=1S/C8H12O4/c1-10-7-5-3-4-6(12-7)8(9)11-2/h3,5-7H,4H2,1-2H3/t6?,7-/m0/s1. The lowest BCUT2D eigenvalue weighted by atomic mass is 10.2. The van der Waals surface area contributed by atoms with Crippen molar-refractivity contribution in [1.82, 2.24) is 0 Å². The van der Waals surface area contributed by atoms with Crippen LogP contribution in [-0.4, -0.2) is 32.6 Å². The van der Waals surface area contributed by atoms with E-state index >= 15 is 0 Å². The number of hydrogen-bond donors (Lipinski definition) is 0. The maximum atomic E-state index is 11.0. The number of carbonyl (C=O) groups is 1. The molecule has 1 rings (SSSR count). The van der Waals surface area contributed by atoms with Gasteiger partial charge in [-0.1, -0.05) is 6.08 Å². The first-order valence-corrected chi connectivity index (χ1v) is 3.70. The Morgan fingerprint density at radius 1 is 1.58 bits per heavy atom. The Balaban J connectivity index is 2.49. The molecular weight excluding hydrogens is 160 g/mol. The third kappa shape index (κ3) is 2.06. The van der Waals surface area contributed by atoms with Gasteiger partial charge in [0.15, 0.2) is 12.4 Å². The summed E-state index contributed by atoms with van der Waals surface area (Å²) in [5.41, 5.74) is 0. The number of hydrogen-bond acceptors (Lipinski definition) is 4. The van der Waals surface area contributed by atoms with Gasteiger partial charge in [0.25, 0.3) is 0 Å². The maximum absolute atomic E-state index is 11.0. The van der Waals surface area contributed by atoms with Crippen molar-refractivity contribution in [3.05, 3.63) is 12.2 Å². The minimum atomic E-state index is -0.523. The van der Waals surface area contributed by atoms with Crippen LogP contribution in [0.2, 0.25) is 0 Å². The van der Waals surface area contributed by atoms with E-state index in [0.29, 0.717) is 6.42 Å². The molecule has 1 aliphatic heterocycles. The van der Waals surface area contributed by atoms with Crippen LogP contribution in [0.4, 0.5) is 0 Å². The second kappa shape index (κ2) is 4.23. The van der Waals surface area contributed by atoms with Gasteiger partial charge in [-0.3, -0.25) is 0 Å². The lowest BCUT2D eigenvalue weighted by molar-refractivity contribution is -0.175. The van der Waals surface area contributed by atoms with Crippen LogP contribution >= 0.6 is 0 Å². The van der Waals surface area contributed by atoms with Crippen molar-refractivity contribution < 1.29 is 19.0 Å². The summed E-state index contributed by atoms with van der Waals surface area (Å²) in [4.78, 5) is 11.0. The van der Waals surface area contributed by atoms with Crippen molar-refractivity contribution in [2.75, 3.05) is 14.2 Å². The predicted molar refractivity (Wildman–Crippen MR) is 41.4 cm³/mol. The van der Waals surface area contributed by atoms with Crippen LogP contribution in [0.25, 0.3) is 0 Å². The first-order valence-electron chi connectivity index (χ1n) is 3.70. The van der Waals surface area contributed by atoms with Gasteiger partial charge in [0.1, 0.15) is 0 Å². The number of carbonyl (C=O) groups excluding carboxylic acids is 1. The van der Waals surface area contributed by atoms with Gasteiger partial charge in [-0.05, 0) is 6.08 Å². The SMILES string of the molecule is COC(=O)C1CC=C[C@@H](OC)O1. The van der Waals surface area contributed by atoms with Crippen LogP contribution in [0.5, 0.6) is 0 Å². The molecule has 68 valence electrons. The van der Waals surface area contributed by atoms with Crippen LogP contribution in [-0.2, 0) is 19.0 Å². The van der Waals surface area contributed by atoms with Gasteiger partial charge in [0, 0.05) is 13.5 Å². The number of rotatable bonds is 2. The molecule has 0 aromatic rings. The zero-order valence-electron chi connectivity index (χ0n) is 7.15. The van der Waals surface area contributed by atoms with E-state index in [1.54, 1.807) is 6.08 Å². The topological polar surface area (TPSA) is 44.8 Å². The molecule has 0 spiro atoms. The molecule has 0 N–H and O–H groups in total. The summed E-state index contributed by atoms with van der Waals surface area (Å²) < 4.78 is 14.6. The molecule has 0 aliphatic carbocycles. The van der Waals surface area contributed by atoms with Crippen LogP contribution in [0.1, 0.15) is 6.42 Å². The molecule has 4 heteroatoms. The Hall–Kier alpha value is -0.870. The summed E-state index contributed by atoms with van der Waals surface area (Å²) in [5, 5.41) is 0. The molecule has 0 saturated carbocycles. The summed E-state index contributed by atoms with van der Waals surface area (Å²) in [7, 11) is 2.86.